The van der Waals surface area contributed by atoms with Crippen LogP contribution in [0.1, 0.15) is 24.1 Å². The van der Waals surface area contributed by atoms with Crippen molar-refractivity contribution < 1.29 is 30.5 Å². The van der Waals surface area contributed by atoms with Gasteiger partial charge >= 0.3 is 6.18 Å². The van der Waals surface area contributed by atoms with Crippen molar-refractivity contribution in [2.45, 2.75) is 30.3 Å². The number of aryl methyl sites for hydroxylation is 1. The summed E-state index contributed by atoms with van der Waals surface area (Å²) in [5, 5.41) is 4.82. The summed E-state index contributed by atoms with van der Waals surface area (Å²) in [6.45, 7) is 2.58. The van der Waals surface area contributed by atoms with Gasteiger partial charge in [-0.1, -0.05) is 5.16 Å². The summed E-state index contributed by atoms with van der Waals surface area (Å²) < 4.78 is 83.8. The van der Waals surface area contributed by atoms with E-state index < -0.39 is 21.8 Å². The van der Waals surface area contributed by atoms with Crippen LogP contribution in [0.3, 0.4) is 0 Å². The van der Waals surface area contributed by atoms with Crippen molar-refractivity contribution in [2.24, 2.45) is 5.92 Å². The zero-order valence-electron chi connectivity index (χ0n) is 17.6. The van der Waals surface area contributed by atoms with Crippen LogP contribution in [0.25, 0.3) is 11.0 Å². The number of hydrogen-bond donors (Lipinski definition) is 1. The van der Waals surface area contributed by atoms with Crippen LogP contribution < -0.4 is 4.72 Å². The number of aromatic nitrogens is 1. The highest BCUT2D eigenvalue weighted by atomic mass is 32.2. The van der Waals surface area contributed by atoms with Crippen LogP contribution in [0, 0.1) is 11.7 Å². The standard InChI is InChI=1S/C22H23F4N3O3S/c23-17-5-8-19-20(28-32-21(19)12-17)2-1-10-29-11-9-15(14-29)13-27-33(30,31)18-6-3-16(4-7-18)22(24,25)26/h3-8,12,15,27H,1-2,9-11,13-14H2. The fourth-order valence-electron chi connectivity index (χ4n) is 4.03. The molecule has 1 atom stereocenters. The minimum atomic E-state index is -4.51. The van der Waals surface area contributed by atoms with E-state index in [1.807, 2.05) is 0 Å². The highest BCUT2D eigenvalue weighted by molar-refractivity contribution is 7.89. The van der Waals surface area contributed by atoms with Crippen LogP contribution in [-0.2, 0) is 22.6 Å². The summed E-state index contributed by atoms with van der Waals surface area (Å²) in [5.74, 6) is -0.257. The van der Waals surface area contributed by atoms with Crippen molar-refractivity contribution in [1.29, 1.82) is 0 Å². The summed E-state index contributed by atoms with van der Waals surface area (Å²) >= 11 is 0. The Bertz CT molecular complexity index is 1210. The Kier molecular flexibility index (Phi) is 6.73. The van der Waals surface area contributed by atoms with Gasteiger partial charge in [0.15, 0.2) is 5.58 Å². The van der Waals surface area contributed by atoms with Crippen LogP contribution in [-0.4, -0.2) is 44.7 Å². The average molecular weight is 486 g/mol. The molecular weight excluding hydrogens is 462 g/mol. The molecule has 3 aromatic rings. The molecule has 2 aromatic carbocycles. The molecule has 1 aromatic heterocycles. The first-order valence-corrected chi connectivity index (χ1v) is 12.0. The lowest BCUT2D eigenvalue weighted by Crippen LogP contribution is -2.31. The van der Waals surface area contributed by atoms with Crippen molar-refractivity contribution in [3.63, 3.8) is 0 Å². The molecule has 0 radical (unpaired) electrons. The molecule has 0 amide bonds. The lowest BCUT2D eigenvalue weighted by atomic mass is 10.1. The second-order valence-corrected chi connectivity index (χ2v) is 9.97. The molecule has 0 bridgehead atoms. The van der Waals surface area contributed by atoms with Gasteiger partial charge in [-0.05, 0) is 74.7 Å². The summed E-state index contributed by atoms with van der Waals surface area (Å²) in [6.07, 6.45) is -2.19. The van der Waals surface area contributed by atoms with Gasteiger partial charge in [-0.15, -0.1) is 0 Å². The Hall–Kier alpha value is -2.50. The molecule has 6 nitrogen and oxygen atoms in total. The number of hydrogen-bond acceptors (Lipinski definition) is 5. The van der Waals surface area contributed by atoms with E-state index in [2.05, 4.69) is 14.8 Å². The van der Waals surface area contributed by atoms with Crippen LogP contribution in [0.4, 0.5) is 17.6 Å². The highest BCUT2D eigenvalue weighted by Crippen LogP contribution is 2.29. The minimum absolute atomic E-state index is 0.116. The van der Waals surface area contributed by atoms with E-state index in [0.717, 1.165) is 67.8 Å². The van der Waals surface area contributed by atoms with E-state index in [0.29, 0.717) is 12.0 Å². The summed E-state index contributed by atoms with van der Waals surface area (Å²) in [4.78, 5) is 2.05. The van der Waals surface area contributed by atoms with Crippen molar-refractivity contribution in [3.05, 3.63) is 59.5 Å². The number of likely N-dealkylation sites (tertiary alicyclic amines) is 1. The van der Waals surface area contributed by atoms with Gasteiger partial charge in [0.25, 0.3) is 0 Å². The third-order valence-corrected chi connectivity index (χ3v) is 7.26. The number of benzene rings is 2. The molecule has 1 unspecified atom stereocenters. The molecule has 4 rings (SSSR count). The molecule has 33 heavy (non-hydrogen) atoms. The molecule has 0 saturated carbocycles. The van der Waals surface area contributed by atoms with Gasteiger partial charge in [0.2, 0.25) is 10.0 Å². The maximum absolute atomic E-state index is 13.3. The zero-order chi connectivity index (χ0) is 23.6. The quantitative estimate of drug-likeness (QED) is 0.484. The van der Waals surface area contributed by atoms with Gasteiger partial charge in [-0.2, -0.15) is 13.2 Å². The normalized spacial score (nSPS) is 17.8. The van der Waals surface area contributed by atoms with Gasteiger partial charge in [0, 0.05) is 24.5 Å². The first-order valence-electron chi connectivity index (χ1n) is 10.5. The lowest BCUT2D eigenvalue weighted by molar-refractivity contribution is -0.137. The molecule has 1 N–H and O–H groups in total. The molecule has 1 fully saturated rings. The predicted molar refractivity (Wildman–Crippen MR) is 113 cm³/mol. The van der Waals surface area contributed by atoms with Crippen LogP contribution in [0.5, 0.6) is 0 Å². The molecule has 0 aliphatic carbocycles. The minimum Gasteiger partial charge on any atom is -0.356 e. The molecule has 0 spiro atoms. The molecule has 2 heterocycles. The molecule has 1 aliphatic heterocycles. The first kappa shape index (κ1) is 23.7. The Morgan fingerprint density at radius 2 is 1.91 bits per heavy atom. The van der Waals surface area contributed by atoms with E-state index in [-0.39, 0.29) is 23.2 Å². The van der Waals surface area contributed by atoms with Crippen molar-refractivity contribution in [1.82, 2.24) is 14.8 Å². The van der Waals surface area contributed by atoms with E-state index in [4.69, 9.17) is 4.52 Å². The Balaban J connectivity index is 1.23. The Morgan fingerprint density at radius 3 is 2.64 bits per heavy atom. The molecule has 178 valence electrons. The first-order chi connectivity index (χ1) is 15.6. The number of rotatable bonds is 8. The monoisotopic (exact) mass is 485 g/mol. The SMILES string of the molecule is O=S(=O)(NCC1CCN(CCCc2noc3cc(F)ccc23)C1)c1ccc(C(F)(F)F)cc1. The van der Waals surface area contributed by atoms with Gasteiger partial charge in [-0.3, -0.25) is 0 Å². The van der Waals surface area contributed by atoms with Gasteiger partial charge < -0.3 is 9.42 Å². The van der Waals surface area contributed by atoms with Crippen LogP contribution in [0.2, 0.25) is 0 Å². The van der Waals surface area contributed by atoms with E-state index in [1.165, 1.54) is 12.1 Å². The molecular formula is C22H23F4N3O3S. The second-order valence-electron chi connectivity index (χ2n) is 8.20. The largest absolute Gasteiger partial charge is 0.416 e. The molecule has 11 heteroatoms. The maximum atomic E-state index is 13.3. The van der Waals surface area contributed by atoms with Gasteiger partial charge in [0.05, 0.1) is 16.2 Å². The molecule has 1 saturated heterocycles. The Labute approximate surface area is 188 Å². The summed E-state index contributed by atoms with van der Waals surface area (Å²) in [6, 6.07) is 7.80. The van der Waals surface area contributed by atoms with E-state index >= 15 is 0 Å². The molecule has 1 aliphatic rings. The highest BCUT2D eigenvalue weighted by Gasteiger charge is 2.31. The fraction of sp³-hybridized carbons (Fsp3) is 0.409. The number of halogens is 4. The van der Waals surface area contributed by atoms with Crippen molar-refractivity contribution in [3.8, 4) is 0 Å². The van der Waals surface area contributed by atoms with Gasteiger partial charge in [0.1, 0.15) is 5.82 Å². The number of alkyl halides is 3. The average Bonchev–Trinajstić information content (AvgIpc) is 3.38. The Morgan fingerprint density at radius 1 is 1.15 bits per heavy atom. The number of nitrogens with one attached hydrogen (secondary N) is 1. The van der Waals surface area contributed by atoms with E-state index in [9.17, 15) is 26.0 Å². The topological polar surface area (TPSA) is 75.4 Å². The third kappa shape index (κ3) is 5.71. The smallest absolute Gasteiger partial charge is 0.356 e. The fourth-order valence-corrected chi connectivity index (χ4v) is 5.15. The van der Waals surface area contributed by atoms with Crippen molar-refractivity contribution >= 4 is 21.0 Å². The lowest BCUT2D eigenvalue weighted by Gasteiger charge is -2.16. The van der Waals surface area contributed by atoms with Crippen LogP contribution in [0.15, 0.2) is 51.9 Å². The summed E-state index contributed by atoms with van der Waals surface area (Å²) in [7, 11) is -3.88. The zero-order valence-corrected chi connectivity index (χ0v) is 18.4. The van der Waals surface area contributed by atoms with E-state index in [1.54, 1.807) is 6.07 Å². The number of sulfonamides is 1. The number of fused-ring (bicyclic) bond motifs is 1. The van der Waals surface area contributed by atoms with Crippen molar-refractivity contribution in [2.75, 3.05) is 26.2 Å². The second kappa shape index (κ2) is 9.40. The third-order valence-electron chi connectivity index (χ3n) is 5.82. The predicted octanol–water partition coefficient (Wildman–Crippen LogP) is 4.22. The maximum Gasteiger partial charge on any atom is 0.416 e. The number of nitrogens with zero attached hydrogens (tertiary/aromatic N) is 2. The van der Waals surface area contributed by atoms with Gasteiger partial charge in [-0.25, -0.2) is 17.5 Å². The van der Waals surface area contributed by atoms with Crippen LogP contribution >= 0.6 is 0 Å². The summed E-state index contributed by atoms with van der Waals surface area (Å²) in [5.41, 5.74) is 0.315.